The molecule has 1 fully saturated rings. The minimum Gasteiger partial charge on any atom is -0.491 e. The fourth-order valence-electron chi connectivity index (χ4n) is 2.11. The molecule has 0 bridgehead atoms. The van der Waals surface area contributed by atoms with Crippen LogP contribution >= 0.6 is 0 Å². The molecule has 108 valence electrons. The second-order valence-electron chi connectivity index (χ2n) is 5.39. The molecule has 1 N–H and O–H groups in total. The van der Waals surface area contributed by atoms with E-state index in [2.05, 4.69) is 5.32 Å². The topological polar surface area (TPSA) is 58.6 Å². The van der Waals surface area contributed by atoms with Crippen molar-refractivity contribution in [1.82, 2.24) is 10.2 Å². The zero-order chi connectivity index (χ0) is 14.7. The van der Waals surface area contributed by atoms with Crippen molar-refractivity contribution >= 4 is 11.9 Å². The summed E-state index contributed by atoms with van der Waals surface area (Å²) in [6.45, 7) is 6.71. The third-order valence-corrected chi connectivity index (χ3v) is 3.13. The van der Waals surface area contributed by atoms with E-state index in [0.29, 0.717) is 13.1 Å². The van der Waals surface area contributed by atoms with E-state index in [1.165, 1.54) is 0 Å². The Morgan fingerprint density at radius 1 is 1.30 bits per heavy atom. The minimum atomic E-state index is -0.324. The summed E-state index contributed by atoms with van der Waals surface area (Å²) >= 11 is 0. The lowest BCUT2D eigenvalue weighted by molar-refractivity contribution is -0.125. The maximum atomic E-state index is 11.7. The maximum Gasteiger partial charge on any atom is 0.324 e. The van der Waals surface area contributed by atoms with Crippen LogP contribution in [0.4, 0.5) is 4.79 Å². The number of carbonyl (C=O) groups is 2. The van der Waals surface area contributed by atoms with Gasteiger partial charge in [-0.2, -0.15) is 0 Å². The van der Waals surface area contributed by atoms with Crippen LogP contribution in [0.2, 0.25) is 0 Å². The Morgan fingerprint density at radius 2 is 1.95 bits per heavy atom. The summed E-state index contributed by atoms with van der Waals surface area (Å²) in [5.74, 6) is 0.443. The van der Waals surface area contributed by atoms with Crippen LogP contribution in [0.1, 0.15) is 26.3 Å². The Morgan fingerprint density at radius 3 is 2.55 bits per heavy atom. The number of rotatable bonds is 4. The number of urea groups is 1. The van der Waals surface area contributed by atoms with Crippen LogP contribution in [-0.2, 0) is 11.3 Å². The first-order chi connectivity index (χ1) is 9.45. The highest BCUT2D eigenvalue weighted by atomic mass is 16.5. The molecule has 20 heavy (non-hydrogen) atoms. The average molecular weight is 276 g/mol. The first-order valence-corrected chi connectivity index (χ1v) is 6.81. The van der Waals surface area contributed by atoms with Gasteiger partial charge in [-0.1, -0.05) is 19.1 Å². The fraction of sp³-hybridized carbons (Fsp3) is 0.467. The van der Waals surface area contributed by atoms with E-state index in [1.54, 1.807) is 4.90 Å². The normalized spacial score (nSPS) is 19.2. The predicted octanol–water partition coefficient (Wildman–Crippen LogP) is 2.16. The summed E-state index contributed by atoms with van der Waals surface area (Å²) in [4.78, 5) is 24.8. The third-order valence-electron chi connectivity index (χ3n) is 3.13. The van der Waals surface area contributed by atoms with Gasteiger partial charge in [-0.15, -0.1) is 0 Å². The van der Waals surface area contributed by atoms with Crippen molar-refractivity contribution in [2.45, 2.75) is 33.4 Å². The average Bonchev–Trinajstić information content (AvgIpc) is 2.37. The number of amides is 3. The Labute approximate surface area is 118 Å². The molecule has 1 unspecified atom stereocenters. The van der Waals surface area contributed by atoms with E-state index in [9.17, 15) is 9.59 Å². The van der Waals surface area contributed by atoms with E-state index in [1.807, 2.05) is 45.0 Å². The first-order valence-electron chi connectivity index (χ1n) is 6.81. The van der Waals surface area contributed by atoms with Gasteiger partial charge in [0.2, 0.25) is 5.91 Å². The van der Waals surface area contributed by atoms with Crippen LogP contribution in [0.3, 0.4) is 0 Å². The number of imide groups is 1. The Hall–Kier alpha value is -2.04. The molecular weight excluding hydrogens is 256 g/mol. The van der Waals surface area contributed by atoms with Crippen LogP contribution in [-0.4, -0.2) is 29.5 Å². The number of ether oxygens (including phenoxy) is 1. The standard InChI is InChI=1S/C15H20N2O3/c1-10(2)20-13-6-4-12(5-7-13)9-17-8-11(3)14(18)16-15(17)19/h4-7,10-11H,8-9H2,1-3H3,(H,16,18,19). The molecular formula is C15H20N2O3. The van der Waals surface area contributed by atoms with E-state index in [-0.39, 0.29) is 24.0 Å². The SMILES string of the molecule is CC(C)Oc1ccc(CN2CC(C)C(=O)NC2=O)cc1. The molecule has 0 spiro atoms. The van der Waals surface area contributed by atoms with E-state index in [0.717, 1.165) is 11.3 Å². The van der Waals surface area contributed by atoms with Gasteiger partial charge in [-0.25, -0.2) is 4.79 Å². The number of nitrogens with one attached hydrogen (secondary N) is 1. The van der Waals surface area contributed by atoms with Gasteiger partial charge >= 0.3 is 6.03 Å². The molecule has 1 aromatic carbocycles. The van der Waals surface area contributed by atoms with Crippen molar-refractivity contribution in [2.75, 3.05) is 6.54 Å². The van der Waals surface area contributed by atoms with Crippen LogP contribution in [0.15, 0.2) is 24.3 Å². The van der Waals surface area contributed by atoms with Crippen LogP contribution < -0.4 is 10.1 Å². The second kappa shape index (κ2) is 5.94. The van der Waals surface area contributed by atoms with Crippen LogP contribution in [0.5, 0.6) is 5.75 Å². The van der Waals surface area contributed by atoms with Crippen LogP contribution in [0, 0.1) is 5.92 Å². The molecule has 0 saturated carbocycles. The largest absolute Gasteiger partial charge is 0.491 e. The van der Waals surface area contributed by atoms with Crippen LogP contribution in [0.25, 0.3) is 0 Å². The maximum absolute atomic E-state index is 11.7. The summed E-state index contributed by atoms with van der Waals surface area (Å²) in [7, 11) is 0. The van der Waals surface area contributed by atoms with Gasteiger partial charge in [-0.3, -0.25) is 10.1 Å². The highest BCUT2D eigenvalue weighted by Gasteiger charge is 2.28. The minimum absolute atomic E-state index is 0.139. The lowest BCUT2D eigenvalue weighted by Gasteiger charge is -2.30. The lowest BCUT2D eigenvalue weighted by atomic mass is 10.1. The molecule has 1 aromatic rings. The fourth-order valence-corrected chi connectivity index (χ4v) is 2.11. The lowest BCUT2D eigenvalue weighted by Crippen LogP contribution is -2.53. The van der Waals surface area contributed by atoms with Gasteiger partial charge < -0.3 is 9.64 Å². The smallest absolute Gasteiger partial charge is 0.324 e. The molecule has 5 nitrogen and oxygen atoms in total. The van der Waals surface area contributed by atoms with Gasteiger partial charge in [0, 0.05) is 13.1 Å². The molecule has 5 heteroatoms. The predicted molar refractivity (Wildman–Crippen MR) is 75.3 cm³/mol. The number of carbonyl (C=O) groups excluding carboxylic acids is 2. The summed E-state index contributed by atoms with van der Waals surface area (Å²) < 4.78 is 5.57. The summed E-state index contributed by atoms with van der Waals surface area (Å²) in [6, 6.07) is 7.34. The summed E-state index contributed by atoms with van der Waals surface area (Å²) in [5, 5.41) is 2.36. The zero-order valence-electron chi connectivity index (χ0n) is 12.1. The number of benzene rings is 1. The molecule has 3 amide bonds. The molecule has 1 saturated heterocycles. The van der Waals surface area contributed by atoms with Gasteiger partial charge in [0.1, 0.15) is 5.75 Å². The molecule has 1 aliphatic rings. The monoisotopic (exact) mass is 276 g/mol. The van der Waals surface area contributed by atoms with Gasteiger partial charge in [0.15, 0.2) is 0 Å². The Kier molecular flexibility index (Phi) is 4.27. The van der Waals surface area contributed by atoms with Crippen molar-refractivity contribution in [3.05, 3.63) is 29.8 Å². The Bertz CT molecular complexity index is 496. The highest BCUT2D eigenvalue weighted by molar-refractivity contribution is 5.97. The Balaban J connectivity index is 1.99. The van der Waals surface area contributed by atoms with E-state index in [4.69, 9.17) is 4.74 Å². The van der Waals surface area contributed by atoms with Crippen molar-refractivity contribution in [3.63, 3.8) is 0 Å². The van der Waals surface area contributed by atoms with E-state index >= 15 is 0 Å². The molecule has 1 heterocycles. The van der Waals surface area contributed by atoms with Crippen molar-refractivity contribution in [3.8, 4) is 5.75 Å². The van der Waals surface area contributed by atoms with Gasteiger partial charge in [0.05, 0.1) is 12.0 Å². The molecule has 1 atom stereocenters. The number of hydrogen-bond donors (Lipinski definition) is 1. The first kappa shape index (κ1) is 14.4. The highest BCUT2D eigenvalue weighted by Crippen LogP contribution is 2.17. The quantitative estimate of drug-likeness (QED) is 0.916. The van der Waals surface area contributed by atoms with Gasteiger partial charge in [0.25, 0.3) is 0 Å². The molecule has 0 radical (unpaired) electrons. The second-order valence-corrected chi connectivity index (χ2v) is 5.39. The van der Waals surface area contributed by atoms with Crippen molar-refractivity contribution < 1.29 is 14.3 Å². The van der Waals surface area contributed by atoms with E-state index < -0.39 is 0 Å². The number of nitrogens with zero attached hydrogens (tertiary/aromatic N) is 1. The van der Waals surface area contributed by atoms with Crippen molar-refractivity contribution in [2.24, 2.45) is 5.92 Å². The molecule has 0 aromatic heterocycles. The number of hydrogen-bond acceptors (Lipinski definition) is 3. The molecule has 1 aliphatic heterocycles. The molecule has 2 rings (SSSR count). The van der Waals surface area contributed by atoms with Gasteiger partial charge in [-0.05, 0) is 31.5 Å². The summed E-state index contributed by atoms with van der Waals surface area (Å²) in [5.41, 5.74) is 1.01. The van der Waals surface area contributed by atoms with Crippen molar-refractivity contribution in [1.29, 1.82) is 0 Å². The summed E-state index contributed by atoms with van der Waals surface area (Å²) in [6.07, 6.45) is 0.139. The molecule has 0 aliphatic carbocycles. The zero-order valence-corrected chi connectivity index (χ0v) is 12.1. The third kappa shape index (κ3) is 3.50.